The minimum atomic E-state index is -0.427. The highest BCUT2D eigenvalue weighted by Crippen LogP contribution is 2.17. The number of benzene rings is 1. The Balaban J connectivity index is 2.42. The fraction of sp³-hybridized carbons (Fsp3) is 0.167. The van der Waals surface area contributed by atoms with Crippen LogP contribution in [0.25, 0.3) is 11.3 Å². The van der Waals surface area contributed by atoms with Crippen LogP contribution in [0.4, 0.5) is 0 Å². The van der Waals surface area contributed by atoms with E-state index in [1.807, 2.05) is 36.4 Å². The SMILES string of the molecule is Cc1cc(-c2ccccc2)nc(C[N+](=O)[O-])n1. The smallest absolute Gasteiger partial charge is 0.262 e. The van der Waals surface area contributed by atoms with Gasteiger partial charge in [-0.15, -0.1) is 0 Å². The van der Waals surface area contributed by atoms with Crippen LogP contribution in [-0.2, 0) is 6.54 Å². The van der Waals surface area contributed by atoms with Crippen LogP contribution in [0.5, 0.6) is 0 Å². The summed E-state index contributed by atoms with van der Waals surface area (Å²) in [6.45, 7) is 1.46. The van der Waals surface area contributed by atoms with Crippen molar-refractivity contribution in [1.82, 2.24) is 9.97 Å². The van der Waals surface area contributed by atoms with Crippen LogP contribution in [0.1, 0.15) is 11.5 Å². The van der Waals surface area contributed by atoms with Crippen LogP contribution >= 0.6 is 0 Å². The molecule has 86 valence electrons. The third kappa shape index (κ3) is 2.84. The zero-order chi connectivity index (χ0) is 12.3. The number of aryl methyl sites for hydroxylation is 1. The third-order valence-corrected chi connectivity index (χ3v) is 2.24. The van der Waals surface area contributed by atoms with E-state index in [9.17, 15) is 10.1 Å². The summed E-state index contributed by atoms with van der Waals surface area (Å²) in [5, 5.41) is 10.5. The van der Waals surface area contributed by atoms with Gasteiger partial charge < -0.3 is 0 Å². The van der Waals surface area contributed by atoms with Crippen molar-refractivity contribution >= 4 is 0 Å². The summed E-state index contributed by atoms with van der Waals surface area (Å²) in [5.41, 5.74) is 2.38. The molecular formula is C12H11N3O2. The Morgan fingerprint density at radius 2 is 1.94 bits per heavy atom. The second-order valence-corrected chi connectivity index (χ2v) is 3.67. The van der Waals surface area contributed by atoms with Gasteiger partial charge in [0.15, 0.2) is 0 Å². The Labute approximate surface area is 98.3 Å². The number of rotatable bonds is 3. The van der Waals surface area contributed by atoms with Crippen LogP contribution < -0.4 is 0 Å². The lowest BCUT2D eigenvalue weighted by molar-refractivity contribution is -0.498. The zero-order valence-corrected chi connectivity index (χ0v) is 9.33. The highest BCUT2D eigenvalue weighted by atomic mass is 16.6. The molecule has 5 nitrogen and oxygen atoms in total. The number of aromatic nitrogens is 2. The number of hydrogen-bond donors (Lipinski definition) is 0. The van der Waals surface area contributed by atoms with Gasteiger partial charge in [0, 0.05) is 16.2 Å². The van der Waals surface area contributed by atoms with Gasteiger partial charge in [0.1, 0.15) is 0 Å². The number of hydrogen-bond acceptors (Lipinski definition) is 4. The highest BCUT2D eigenvalue weighted by molar-refractivity contribution is 5.58. The number of nitrogens with zero attached hydrogens (tertiary/aromatic N) is 3. The molecular weight excluding hydrogens is 218 g/mol. The van der Waals surface area contributed by atoms with Gasteiger partial charge in [-0.05, 0) is 13.0 Å². The lowest BCUT2D eigenvalue weighted by Gasteiger charge is -2.03. The molecule has 17 heavy (non-hydrogen) atoms. The molecule has 5 heteroatoms. The molecule has 0 atom stereocenters. The molecule has 1 aromatic carbocycles. The predicted octanol–water partition coefficient (Wildman–Crippen LogP) is 2.23. The first-order chi connectivity index (χ1) is 8.15. The van der Waals surface area contributed by atoms with Crippen molar-refractivity contribution in [2.24, 2.45) is 0 Å². The lowest BCUT2D eigenvalue weighted by atomic mass is 10.1. The van der Waals surface area contributed by atoms with Crippen molar-refractivity contribution in [3.63, 3.8) is 0 Å². The van der Waals surface area contributed by atoms with E-state index in [2.05, 4.69) is 9.97 Å². The normalized spacial score (nSPS) is 10.2. The Kier molecular flexibility index (Phi) is 3.09. The minimum absolute atomic E-state index is 0.244. The molecule has 2 aromatic rings. The topological polar surface area (TPSA) is 68.9 Å². The van der Waals surface area contributed by atoms with Gasteiger partial charge in [-0.2, -0.15) is 0 Å². The maximum absolute atomic E-state index is 10.5. The molecule has 1 aromatic heterocycles. The van der Waals surface area contributed by atoms with Crippen LogP contribution in [0, 0.1) is 17.0 Å². The maximum Gasteiger partial charge on any atom is 0.262 e. The van der Waals surface area contributed by atoms with Crippen molar-refractivity contribution < 1.29 is 4.92 Å². The van der Waals surface area contributed by atoms with Crippen molar-refractivity contribution in [1.29, 1.82) is 0 Å². The number of nitro groups is 1. The first-order valence-electron chi connectivity index (χ1n) is 5.17. The monoisotopic (exact) mass is 229 g/mol. The third-order valence-electron chi connectivity index (χ3n) is 2.24. The van der Waals surface area contributed by atoms with E-state index in [1.54, 1.807) is 6.92 Å². The van der Waals surface area contributed by atoms with Crippen molar-refractivity contribution in [2.75, 3.05) is 0 Å². The van der Waals surface area contributed by atoms with Crippen molar-refractivity contribution in [2.45, 2.75) is 13.5 Å². The second kappa shape index (κ2) is 4.69. The highest BCUT2D eigenvalue weighted by Gasteiger charge is 2.08. The average molecular weight is 229 g/mol. The van der Waals surface area contributed by atoms with Gasteiger partial charge >= 0.3 is 0 Å². The summed E-state index contributed by atoms with van der Waals surface area (Å²) < 4.78 is 0. The van der Waals surface area contributed by atoms with E-state index in [4.69, 9.17) is 0 Å². The Morgan fingerprint density at radius 1 is 1.24 bits per heavy atom. The molecule has 0 bridgehead atoms. The van der Waals surface area contributed by atoms with Crippen LogP contribution in [0.15, 0.2) is 36.4 Å². The molecule has 2 rings (SSSR count). The summed E-state index contributed by atoms with van der Waals surface area (Å²) in [7, 11) is 0. The zero-order valence-electron chi connectivity index (χ0n) is 9.33. The summed E-state index contributed by atoms with van der Waals surface area (Å²) in [6, 6.07) is 11.4. The predicted molar refractivity (Wildman–Crippen MR) is 62.9 cm³/mol. The van der Waals surface area contributed by atoms with Crippen LogP contribution in [0.3, 0.4) is 0 Å². The van der Waals surface area contributed by atoms with Gasteiger partial charge in [0.05, 0.1) is 5.69 Å². The first kappa shape index (κ1) is 11.2. The molecule has 0 aliphatic carbocycles. The quantitative estimate of drug-likeness (QED) is 0.597. The van der Waals surface area contributed by atoms with Crippen LogP contribution in [-0.4, -0.2) is 14.9 Å². The van der Waals surface area contributed by atoms with Crippen LogP contribution in [0.2, 0.25) is 0 Å². The fourth-order valence-electron chi connectivity index (χ4n) is 1.57. The van der Waals surface area contributed by atoms with E-state index in [-0.39, 0.29) is 12.4 Å². The molecule has 0 N–H and O–H groups in total. The van der Waals surface area contributed by atoms with Gasteiger partial charge in [-0.1, -0.05) is 30.3 Å². The fourth-order valence-corrected chi connectivity index (χ4v) is 1.57. The van der Waals surface area contributed by atoms with Gasteiger partial charge in [-0.25, -0.2) is 9.97 Å². The van der Waals surface area contributed by atoms with E-state index < -0.39 is 4.92 Å². The standard InChI is InChI=1S/C12H11N3O2/c1-9-7-11(10-5-3-2-4-6-10)14-12(13-9)8-15(16)17/h2-7H,8H2,1H3. The Bertz CT molecular complexity index is 541. The molecule has 0 aliphatic heterocycles. The van der Waals surface area contributed by atoms with E-state index >= 15 is 0 Å². The van der Waals surface area contributed by atoms with Crippen molar-refractivity contribution in [3.8, 4) is 11.3 Å². The van der Waals surface area contributed by atoms with Gasteiger partial charge in [-0.3, -0.25) is 10.1 Å². The lowest BCUT2D eigenvalue weighted by Crippen LogP contribution is -2.05. The molecule has 0 saturated heterocycles. The molecule has 0 spiro atoms. The minimum Gasteiger partial charge on any atom is -0.264 e. The summed E-state index contributed by atoms with van der Waals surface area (Å²) >= 11 is 0. The molecule has 1 heterocycles. The molecule has 0 amide bonds. The van der Waals surface area contributed by atoms with Gasteiger partial charge in [0.2, 0.25) is 5.82 Å². The average Bonchev–Trinajstić information content (AvgIpc) is 2.28. The molecule has 0 fully saturated rings. The largest absolute Gasteiger partial charge is 0.264 e. The van der Waals surface area contributed by atoms with E-state index in [1.165, 1.54) is 0 Å². The summed E-state index contributed by atoms with van der Waals surface area (Å²) in [5.74, 6) is 0.244. The maximum atomic E-state index is 10.5. The molecule has 0 saturated carbocycles. The molecule has 0 aliphatic rings. The molecule has 0 radical (unpaired) electrons. The Hall–Kier alpha value is -2.30. The van der Waals surface area contributed by atoms with Gasteiger partial charge in [0.25, 0.3) is 6.54 Å². The Morgan fingerprint density at radius 3 is 2.59 bits per heavy atom. The first-order valence-corrected chi connectivity index (χ1v) is 5.17. The molecule has 0 unspecified atom stereocenters. The summed E-state index contributed by atoms with van der Waals surface area (Å²) in [6.07, 6.45) is 0. The van der Waals surface area contributed by atoms with Crippen molar-refractivity contribution in [3.05, 3.63) is 58.0 Å². The summed E-state index contributed by atoms with van der Waals surface area (Å²) in [4.78, 5) is 18.3. The second-order valence-electron chi connectivity index (χ2n) is 3.67. The van der Waals surface area contributed by atoms with E-state index in [0.29, 0.717) is 0 Å². The van der Waals surface area contributed by atoms with E-state index in [0.717, 1.165) is 17.0 Å².